The van der Waals surface area contributed by atoms with Gasteiger partial charge in [-0.2, -0.15) is 4.98 Å². The van der Waals surface area contributed by atoms with Crippen LogP contribution >= 0.6 is 11.6 Å². The number of nitrogens with zero attached hydrogens (tertiary/aromatic N) is 6. The lowest BCUT2D eigenvalue weighted by Crippen LogP contribution is -2.45. The summed E-state index contributed by atoms with van der Waals surface area (Å²) >= 11 is 6.00. The second-order valence-electron chi connectivity index (χ2n) is 8.50. The second-order valence-corrected chi connectivity index (χ2v) is 8.91. The summed E-state index contributed by atoms with van der Waals surface area (Å²) in [4.78, 5) is 44.2. The van der Waals surface area contributed by atoms with Crippen molar-refractivity contribution in [2.45, 2.75) is 12.5 Å². The Balaban J connectivity index is 1.48. The van der Waals surface area contributed by atoms with Crippen LogP contribution in [0.5, 0.6) is 5.88 Å². The third kappa shape index (κ3) is 5.80. The number of likely N-dealkylation sites (N-methyl/N-ethyl adjacent to an activating group) is 1. The molecule has 0 saturated carbocycles. The van der Waals surface area contributed by atoms with Crippen molar-refractivity contribution in [3.05, 3.63) is 41.8 Å². The molecule has 2 fully saturated rings. The summed E-state index contributed by atoms with van der Waals surface area (Å²) in [5, 5.41) is 6.38. The van der Waals surface area contributed by atoms with E-state index in [1.807, 2.05) is 0 Å². The number of hydrogen-bond acceptors (Lipinski definition) is 9. The zero-order valence-corrected chi connectivity index (χ0v) is 20.6. The minimum Gasteiger partial charge on any atom is -0.480 e. The first-order valence-electron chi connectivity index (χ1n) is 11.4. The van der Waals surface area contributed by atoms with Gasteiger partial charge in [0.05, 0.1) is 30.9 Å². The molecular weight excluding hydrogens is 472 g/mol. The molecule has 2 aromatic rings. The number of ether oxygens (including phenoxy) is 1. The smallest absolute Gasteiger partial charge is 0.272 e. The van der Waals surface area contributed by atoms with E-state index in [4.69, 9.17) is 16.3 Å². The van der Waals surface area contributed by atoms with Gasteiger partial charge < -0.3 is 30.1 Å². The highest BCUT2D eigenvalue weighted by molar-refractivity contribution is 6.31. The Morgan fingerprint density at radius 2 is 1.97 bits per heavy atom. The van der Waals surface area contributed by atoms with Crippen LogP contribution in [0.3, 0.4) is 0 Å². The van der Waals surface area contributed by atoms with Gasteiger partial charge in [-0.05, 0) is 25.6 Å². The van der Waals surface area contributed by atoms with Crippen LogP contribution in [0.4, 0.5) is 17.3 Å². The topological polar surface area (TPSA) is 116 Å². The Labute approximate surface area is 209 Å². The van der Waals surface area contributed by atoms with Crippen LogP contribution in [-0.4, -0.2) is 96.0 Å². The van der Waals surface area contributed by atoms with Crippen molar-refractivity contribution in [2.75, 3.05) is 69.0 Å². The number of piperazine rings is 1. The molecule has 2 aromatic heterocycles. The fourth-order valence-electron chi connectivity index (χ4n) is 4.12. The minimum absolute atomic E-state index is 0.0203. The van der Waals surface area contributed by atoms with Crippen LogP contribution in [0, 0.1) is 0 Å². The number of carbonyl (C=O) groups excluding carboxylic acids is 2. The van der Waals surface area contributed by atoms with Crippen molar-refractivity contribution in [1.82, 2.24) is 24.8 Å². The number of halogens is 1. The molecule has 2 amide bonds. The molecule has 2 saturated heterocycles. The maximum Gasteiger partial charge on any atom is 0.272 e. The SMILES string of the molecule is C=CC(=O)Nc1cnc(C(=O)N2CC[C@@H](Nc3ncc(Cl)c(OC)n3)C2)cc1N1CCN(C)CC1. The van der Waals surface area contributed by atoms with E-state index in [1.165, 1.54) is 19.4 Å². The zero-order valence-electron chi connectivity index (χ0n) is 19.8. The van der Waals surface area contributed by atoms with E-state index < -0.39 is 0 Å². The summed E-state index contributed by atoms with van der Waals surface area (Å²) in [6.45, 7) is 7.91. The third-order valence-electron chi connectivity index (χ3n) is 6.10. The molecule has 0 aliphatic carbocycles. The Morgan fingerprint density at radius 3 is 2.69 bits per heavy atom. The predicted molar refractivity (Wildman–Crippen MR) is 134 cm³/mol. The van der Waals surface area contributed by atoms with E-state index in [0.29, 0.717) is 41.3 Å². The van der Waals surface area contributed by atoms with E-state index in [1.54, 1.807) is 17.2 Å². The molecule has 2 N–H and O–H groups in total. The highest BCUT2D eigenvalue weighted by Gasteiger charge is 2.29. The first-order chi connectivity index (χ1) is 16.9. The van der Waals surface area contributed by atoms with Gasteiger partial charge in [-0.25, -0.2) is 9.97 Å². The molecule has 186 valence electrons. The fourth-order valence-corrected chi connectivity index (χ4v) is 4.29. The van der Waals surface area contributed by atoms with Crippen molar-refractivity contribution in [1.29, 1.82) is 0 Å². The van der Waals surface area contributed by atoms with Crippen molar-refractivity contribution < 1.29 is 14.3 Å². The van der Waals surface area contributed by atoms with E-state index in [2.05, 4.69) is 49.0 Å². The molecule has 12 heteroatoms. The molecule has 0 spiro atoms. The maximum atomic E-state index is 13.3. The summed E-state index contributed by atoms with van der Waals surface area (Å²) in [5.41, 5.74) is 1.67. The van der Waals surface area contributed by atoms with Gasteiger partial charge in [-0.15, -0.1) is 0 Å². The molecule has 0 bridgehead atoms. The van der Waals surface area contributed by atoms with Gasteiger partial charge in [0.25, 0.3) is 5.91 Å². The number of carbonyl (C=O) groups is 2. The van der Waals surface area contributed by atoms with Crippen LogP contribution in [0.1, 0.15) is 16.9 Å². The molecule has 0 radical (unpaired) electrons. The van der Waals surface area contributed by atoms with Gasteiger partial charge in [-0.1, -0.05) is 18.2 Å². The number of anilines is 3. The van der Waals surface area contributed by atoms with E-state index in [-0.39, 0.29) is 17.9 Å². The lowest BCUT2D eigenvalue weighted by molar-refractivity contribution is -0.111. The van der Waals surface area contributed by atoms with Crippen LogP contribution in [0.15, 0.2) is 31.1 Å². The normalized spacial score (nSPS) is 18.3. The van der Waals surface area contributed by atoms with Crippen LogP contribution < -0.4 is 20.3 Å². The van der Waals surface area contributed by atoms with Gasteiger partial charge in [0.1, 0.15) is 10.7 Å². The quantitative estimate of drug-likeness (QED) is 0.548. The third-order valence-corrected chi connectivity index (χ3v) is 6.36. The predicted octanol–water partition coefficient (Wildman–Crippen LogP) is 1.74. The standard InChI is InChI=1S/C23H29ClN8O3/c1-4-20(33)28-18-13-25-17(11-19(18)31-9-7-30(2)8-10-31)22(34)32-6-5-15(14-32)27-23-26-12-16(24)21(29-23)35-3/h4,11-13,15H,1,5-10,14H2,2-3H3,(H,28,33)(H,26,27,29)/t15-/m1/s1. The minimum atomic E-state index is -0.323. The highest BCUT2D eigenvalue weighted by atomic mass is 35.5. The second kappa shape index (κ2) is 10.9. The van der Waals surface area contributed by atoms with Crippen LogP contribution in [0.2, 0.25) is 5.02 Å². The Morgan fingerprint density at radius 1 is 1.20 bits per heavy atom. The molecule has 4 heterocycles. The van der Waals surface area contributed by atoms with E-state index in [0.717, 1.165) is 38.3 Å². The Bertz CT molecular complexity index is 1110. The molecule has 35 heavy (non-hydrogen) atoms. The molecule has 0 aromatic carbocycles. The van der Waals surface area contributed by atoms with Gasteiger partial charge in [-0.3, -0.25) is 9.59 Å². The number of aromatic nitrogens is 3. The van der Waals surface area contributed by atoms with Gasteiger partial charge >= 0.3 is 0 Å². The molecule has 4 rings (SSSR count). The monoisotopic (exact) mass is 500 g/mol. The number of hydrogen-bond donors (Lipinski definition) is 2. The molecule has 0 unspecified atom stereocenters. The van der Waals surface area contributed by atoms with Crippen LogP contribution in [0.25, 0.3) is 0 Å². The Kier molecular flexibility index (Phi) is 7.67. The van der Waals surface area contributed by atoms with E-state index in [9.17, 15) is 9.59 Å². The summed E-state index contributed by atoms with van der Waals surface area (Å²) < 4.78 is 5.14. The molecule has 1 atom stereocenters. The molecule has 2 aliphatic rings. The number of nitrogens with one attached hydrogen (secondary N) is 2. The van der Waals surface area contributed by atoms with E-state index >= 15 is 0 Å². The fraction of sp³-hybridized carbons (Fsp3) is 0.435. The van der Waals surface area contributed by atoms with Gasteiger partial charge in [0.2, 0.25) is 17.7 Å². The molecule has 2 aliphatic heterocycles. The highest BCUT2D eigenvalue weighted by Crippen LogP contribution is 2.28. The summed E-state index contributed by atoms with van der Waals surface area (Å²) in [6, 6.07) is 1.74. The lowest BCUT2D eigenvalue weighted by atomic mass is 10.2. The van der Waals surface area contributed by atoms with Crippen LogP contribution in [-0.2, 0) is 4.79 Å². The number of amides is 2. The lowest BCUT2D eigenvalue weighted by Gasteiger charge is -2.35. The largest absolute Gasteiger partial charge is 0.480 e. The van der Waals surface area contributed by atoms with Gasteiger partial charge in [0.15, 0.2) is 0 Å². The number of likely N-dealkylation sites (tertiary alicyclic amines) is 1. The average Bonchev–Trinajstić information content (AvgIpc) is 3.34. The molecular formula is C23H29ClN8O3. The van der Waals surface area contributed by atoms with Gasteiger partial charge in [0, 0.05) is 45.3 Å². The zero-order chi connectivity index (χ0) is 24.9. The first kappa shape index (κ1) is 24.7. The number of pyridine rings is 1. The summed E-state index contributed by atoms with van der Waals surface area (Å²) in [6.07, 6.45) is 4.97. The average molecular weight is 501 g/mol. The maximum absolute atomic E-state index is 13.3. The number of rotatable bonds is 7. The summed E-state index contributed by atoms with van der Waals surface area (Å²) in [7, 11) is 3.56. The van der Waals surface area contributed by atoms with Crippen molar-refractivity contribution >= 4 is 40.7 Å². The molecule has 11 nitrogen and oxygen atoms in total. The van der Waals surface area contributed by atoms with Crippen molar-refractivity contribution in [3.63, 3.8) is 0 Å². The summed E-state index contributed by atoms with van der Waals surface area (Å²) in [5.74, 6) is 0.194. The first-order valence-corrected chi connectivity index (χ1v) is 11.7. The van der Waals surface area contributed by atoms with Crippen molar-refractivity contribution in [3.8, 4) is 5.88 Å². The number of methoxy groups -OCH3 is 1. The Hall–Kier alpha value is -3.44. The van der Waals surface area contributed by atoms with Crippen molar-refractivity contribution in [2.24, 2.45) is 0 Å².